The minimum absolute atomic E-state index is 0.116. The van der Waals surface area contributed by atoms with E-state index in [2.05, 4.69) is 20.5 Å². The summed E-state index contributed by atoms with van der Waals surface area (Å²) >= 11 is 1.26. The molecule has 174 valence electrons. The molecule has 0 atom stereocenters. The molecule has 3 heterocycles. The summed E-state index contributed by atoms with van der Waals surface area (Å²) in [6.07, 6.45) is 6.17. The molecule has 33 heavy (non-hydrogen) atoms. The van der Waals surface area contributed by atoms with Crippen molar-refractivity contribution < 1.29 is 13.2 Å². The predicted molar refractivity (Wildman–Crippen MR) is 127 cm³/mol. The van der Waals surface area contributed by atoms with E-state index in [1.165, 1.54) is 16.1 Å². The van der Waals surface area contributed by atoms with E-state index >= 15 is 0 Å². The molecule has 1 saturated heterocycles. The monoisotopic (exact) mass is 486 g/mol. The van der Waals surface area contributed by atoms with E-state index in [4.69, 9.17) is 0 Å². The quantitative estimate of drug-likeness (QED) is 0.511. The molecule has 9 nitrogen and oxygen atoms in total. The lowest BCUT2D eigenvalue weighted by Gasteiger charge is -2.26. The molecular weight excluding hydrogens is 460 g/mol. The minimum atomic E-state index is -3.57. The number of nitrogens with zero attached hydrogens (tertiary/aromatic N) is 5. The Labute approximate surface area is 197 Å². The molecule has 2 aromatic heterocycles. The zero-order valence-electron chi connectivity index (χ0n) is 18.6. The van der Waals surface area contributed by atoms with Crippen LogP contribution in [0.1, 0.15) is 24.8 Å². The number of hydrogen-bond donors (Lipinski definition) is 1. The number of nitrogens with one attached hydrogen (secondary N) is 1. The molecule has 0 saturated carbocycles. The Kier molecular flexibility index (Phi) is 7.11. The molecule has 1 fully saturated rings. The van der Waals surface area contributed by atoms with Crippen molar-refractivity contribution in [2.75, 3.05) is 24.2 Å². The number of pyridine rings is 1. The van der Waals surface area contributed by atoms with Gasteiger partial charge in [-0.05, 0) is 49.6 Å². The smallest absolute Gasteiger partial charge is 0.243 e. The summed E-state index contributed by atoms with van der Waals surface area (Å²) in [6.45, 7) is 2.91. The maximum atomic E-state index is 13.0. The third-order valence-corrected chi connectivity index (χ3v) is 8.46. The van der Waals surface area contributed by atoms with Gasteiger partial charge in [-0.25, -0.2) is 8.42 Å². The summed E-state index contributed by atoms with van der Waals surface area (Å²) in [5.41, 5.74) is 2.18. The van der Waals surface area contributed by atoms with Crippen LogP contribution in [0.2, 0.25) is 0 Å². The van der Waals surface area contributed by atoms with E-state index in [1.807, 2.05) is 30.7 Å². The first-order valence-electron chi connectivity index (χ1n) is 10.7. The van der Waals surface area contributed by atoms with Crippen molar-refractivity contribution in [1.82, 2.24) is 24.1 Å². The van der Waals surface area contributed by atoms with Gasteiger partial charge in [-0.3, -0.25) is 9.78 Å². The number of aryl methyl sites for hydroxylation is 1. The molecule has 4 rings (SSSR count). The van der Waals surface area contributed by atoms with Crippen molar-refractivity contribution in [2.24, 2.45) is 7.05 Å². The first-order chi connectivity index (χ1) is 15.9. The van der Waals surface area contributed by atoms with Crippen LogP contribution in [0.5, 0.6) is 0 Å². The van der Waals surface area contributed by atoms with Crippen LogP contribution in [0, 0.1) is 6.92 Å². The molecule has 1 N–H and O–H groups in total. The van der Waals surface area contributed by atoms with Crippen LogP contribution in [0.4, 0.5) is 5.69 Å². The fourth-order valence-electron chi connectivity index (χ4n) is 3.66. The molecule has 0 spiro atoms. The average Bonchev–Trinajstić information content (AvgIpc) is 3.20. The Morgan fingerprint density at radius 3 is 2.55 bits per heavy atom. The summed E-state index contributed by atoms with van der Waals surface area (Å²) in [6, 6.07) is 8.57. The highest BCUT2D eigenvalue weighted by molar-refractivity contribution is 7.99. The number of aromatic nitrogens is 4. The second-order valence-corrected chi connectivity index (χ2v) is 10.8. The number of sulfonamides is 1. The summed E-state index contributed by atoms with van der Waals surface area (Å²) in [5.74, 6) is 0.557. The Morgan fingerprint density at radius 2 is 1.82 bits per heavy atom. The van der Waals surface area contributed by atoms with Crippen LogP contribution in [0.25, 0.3) is 11.4 Å². The van der Waals surface area contributed by atoms with Gasteiger partial charge >= 0.3 is 0 Å². The van der Waals surface area contributed by atoms with Crippen LogP contribution < -0.4 is 5.32 Å². The molecule has 1 amide bonds. The van der Waals surface area contributed by atoms with Gasteiger partial charge < -0.3 is 9.88 Å². The Bertz CT molecular complexity index is 1240. The normalized spacial score (nSPS) is 14.8. The van der Waals surface area contributed by atoms with Gasteiger partial charge in [0.05, 0.1) is 10.6 Å². The molecule has 11 heteroatoms. The number of thioether (sulfide) groups is 1. The van der Waals surface area contributed by atoms with Gasteiger partial charge in [0.2, 0.25) is 15.9 Å². The van der Waals surface area contributed by atoms with Crippen LogP contribution in [-0.4, -0.2) is 57.2 Å². The second kappa shape index (κ2) is 10.0. The average molecular weight is 487 g/mol. The highest BCUT2D eigenvalue weighted by atomic mass is 32.2. The molecule has 0 radical (unpaired) electrons. The molecular formula is C22H26N6O3S2. The van der Waals surface area contributed by atoms with Gasteiger partial charge in [-0.2, -0.15) is 4.31 Å². The zero-order valence-corrected chi connectivity index (χ0v) is 20.2. The number of rotatable bonds is 7. The summed E-state index contributed by atoms with van der Waals surface area (Å²) in [5, 5.41) is 11.8. The van der Waals surface area contributed by atoms with Crippen molar-refractivity contribution in [3.8, 4) is 11.4 Å². The van der Waals surface area contributed by atoms with Crippen LogP contribution >= 0.6 is 11.8 Å². The maximum absolute atomic E-state index is 13.0. The van der Waals surface area contributed by atoms with E-state index in [-0.39, 0.29) is 16.6 Å². The zero-order chi connectivity index (χ0) is 23.4. The molecule has 3 aromatic rings. The number of carbonyl (C=O) groups is 1. The summed E-state index contributed by atoms with van der Waals surface area (Å²) in [4.78, 5) is 16.8. The largest absolute Gasteiger partial charge is 0.325 e. The lowest BCUT2D eigenvalue weighted by atomic mass is 10.2. The first-order valence-corrected chi connectivity index (χ1v) is 13.1. The molecule has 0 bridgehead atoms. The van der Waals surface area contributed by atoms with Crippen molar-refractivity contribution in [3.63, 3.8) is 0 Å². The number of anilines is 1. The number of benzene rings is 1. The van der Waals surface area contributed by atoms with E-state index < -0.39 is 10.0 Å². The number of amides is 1. The van der Waals surface area contributed by atoms with Gasteiger partial charge in [0, 0.05) is 43.8 Å². The predicted octanol–water partition coefficient (Wildman–Crippen LogP) is 3.09. The third kappa shape index (κ3) is 5.26. The van der Waals surface area contributed by atoms with Crippen LogP contribution in [0.3, 0.4) is 0 Å². The van der Waals surface area contributed by atoms with Crippen molar-refractivity contribution in [2.45, 2.75) is 36.2 Å². The number of piperidine rings is 1. The van der Waals surface area contributed by atoms with Gasteiger partial charge in [-0.1, -0.05) is 24.2 Å². The van der Waals surface area contributed by atoms with E-state index in [0.717, 1.165) is 30.4 Å². The van der Waals surface area contributed by atoms with Gasteiger partial charge in [-0.15, -0.1) is 10.2 Å². The number of carbonyl (C=O) groups excluding carboxylic acids is 1. The molecule has 1 aliphatic heterocycles. The second-order valence-electron chi connectivity index (χ2n) is 7.88. The summed E-state index contributed by atoms with van der Waals surface area (Å²) < 4.78 is 29.3. The number of hydrogen-bond acceptors (Lipinski definition) is 7. The van der Waals surface area contributed by atoms with E-state index in [1.54, 1.807) is 30.6 Å². The summed E-state index contributed by atoms with van der Waals surface area (Å²) in [7, 11) is -1.73. The third-order valence-electron chi connectivity index (χ3n) is 5.54. The lowest BCUT2D eigenvalue weighted by Crippen LogP contribution is -2.35. The highest BCUT2D eigenvalue weighted by Gasteiger charge is 2.26. The minimum Gasteiger partial charge on any atom is -0.325 e. The lowest BCUT2D eigenvalue weighted by molar-refractivity contribution is -0.113. The Morgan fingerprint density at radius 1 is 1.09 bits per heavy atom. The van der Waals surface area contributed by atoms with E-state index in [0.29, 0.717) is 29.8 Å². The Balaban J connectivity index is 1.43. The maximum Gasteiger partial charge on any atom is 0.243 e. The van der Waals surface area contributed by atoms with Crippen molar-refractivity contribution in [1.29, 1.82) is 0 Å². The van der Waals surface area contributed by atoms with Crippen molar-refractivity contribution >= 4 is 33.4 Å². The van der Waals surface area contributed by atoms with Gasteiger partial charge in [0.15, 0.2) is 11.0 Å². The fourth-order valence-corrected chi connectivity index (χ4v) is 5.91. The topological polar surface area (TPSA) is 110 Å². The standard InChI is InChI=1S/C22H26N6O3S2/c1-16-6-7-18(33(30,31)28-12-4-3-5-13-28)14-19(16)24-20(29)15-32-22-26-25-21(27(22)2)17-8-10-23-11-9-17/h6-11,14H,3-5,12-13,15H2,1-2H3,(H,24,29). The van der Waals surface area contributed by atoms with Crippen molar-refractivity contribution in [3.05, 3.63) is 48.3 Å². The van der Waals surface area contributed by atoms with Gasteiger partial charge in [0.1, 0.15) is 0 Å². The van der Waals surface area contributed by atoms with Crippen LogP contribution in [-0.2, 0) is 21.9 Å². The van der Waals surface area contributed by atoms with E-state index in [9.17, 15) is 13.2 Å². The first kappa shape index (κ1) is 23.4. The molecule has 1 aromatic carbocycles. The molecule has 1 aliphatic rings. The Hall–Kier alpha value is -2.76. The molecule has 0 unspecified atom stereocenters. The highest BCUT2D eigenvalue weighted by Crippen LogP contribution is 2.26. The van der Waals surface area contributed by atoms with Crippen LogP contribution in [0.15, 0.2) is 52.8 Å². The SMILES string of the molecule is Cc1ccc(S(=O)(=O)N2CCCCC2)cc1NC(=O)CSc1nnc(-c2ccncc2)n1C. The van der Waals surface area contributed by atoms with Gasteiger partial charge in [0.25, 0.3) is 0 Å². The fraction of sp³-hybridized carbons (Fsp3) is 0.364. The molecule has 0 aliphatic carbocycles.